The maximum absolute atomic E-state index is 4.48. The number of nitrogens with one attached hydrogen (secondary N) is 1. The molecule has 0 fully saturated rings. The smallest absolute Gasteiger partial charge is 0.159 e. The van der Waals surface area contributed by atoms with Crippen molar-refractivity contribution in [1.82, 2.24) is 19.7 Å². The third-order valence-corrected chi connectivity index (χ3v) is 4.47. The quantitative estimate of drug-likeness (QED) is 0.500. The van der Waals surface area contributed by atoms with E-state index < -0.39 is 0 Å². The van der Waals surface area contributed by atoms with Gasteiger partial charge >= 0.3 is 0 Å². The Balaban J connectivity index is 1.73. The van der Waals surface area contributed by atoms with Crippen LogP contribution < -0.4 is 10.3 Å². The SMILES string of the molecule is CCN(CC)c1ccc(C=NNc2cc(-n3nc(C)cc3C)nc(C)n2)cc1. The molecule has 1 N–H and O–H groups in total. The summed E-state index contributed by atoms with van der Waals surface area (Å²) < 4.78 is 1.81. The molecule has 0 saturated carbocycles. The lowest BCUT2D eigenvalue weighted by Gasteiger charge is -2.20. The van der Waals surface area contributed by atoms with E-state index in [0.29, 0.717) is 11.6 Å². The van der Waals surface area contributed by atoms with Gasteiger partial charge in [-0.1, -0.05) is 12.1 Å². The van der Waals surface area contributed by atoms with Crippen LogP contribution in [0.15, 0.2) is 41.5 Å². The number of aryl methyl sites for hydroxylation is 3. The Bertz CT molecular complexity index is 953. The van der Waals surface area contributed by atoms with Gasteiger partial charge in [0.15, 0.2) is 11.6 Å². The number of nitrogens with zero attached hydrogens (tertiary/aromatic N) is 6. The van der Waals surface area contributed by atoms with E-state index in [2.05, 4.69) is 68.6 Å². The van der Waals surface area contributed by atoms with E-state index in [-0.39, 0.29) is 0 Å². The molecular formula is C21H27N7. The molecule has 0 saturated heterocycles. The van der Waals surface area contributed by atoms with Crippen LogP contribution in [0.1, 0.15) is 36.6 Å². The van der Waals surface area contributed by atoms with Gasteiger partial charge in [0.25, 0.3) is 0 Å². The fourth-order valence-electron chi connectivity index (χ4n) is 3.11. The number of hydrogen-bond donors (Lipinski definition) is 1. The Morgan fingerprint density at radius 2 is 1.75 bits per heavy atom. The van der Waals surface area contributed by atoms with Gasteiger partial charge in [-0.3, -0.25) is 5.43 Å². The highest BCUT2D eigenvalue weighted by Crippen LogP contribution is 2.15. The van der Waals surface area contributed by atoms with E-state index in [1.807, 2.05) is 37.6 Å². The molecule has 0 spiro atoms. The lowest BCUT2D eigenvalue weighted by atomic mass is 10.2. The first-order chi connectivity index (χ1) is 13.5. The van der Waals surface area contributed by atoms with Crippen LogP contribution in [0.3, 0.4) is 0 Å². The third-order valence-electron chi connectivity index (χ3n) is 4.47. The second kappa shape index (κ2) is 8.65. The van der Waals surface area contributed by atoms with Crippen molar-refractivity contribution in [2.75, 3.05) is 23.4 Å². The largest absolute Gasteiger partial charge is 0.372 e. The van der Waals surface area contributed by atoms with Crippen LogP contribution in [0.4, 0.5) is 11.5 Å². The normalized spacial score (nSPS) is 11.2. The van der Waals surface area contributed by atoms with Crippen molar-refractivity contribution in [2.45, 2.75) is 34.6 Å². The Labute approximate surface area is 166 Å². The summed E-state index contributed by atoms with van der Waals surface area (Å²) in [7, 11) is 0. The highest BCUT2D eigenvalue weighted by Gasteiger charge is 2.08. The number of hydrazone groups is 1. The lowest BCUT2D eigenvalue weighted by molar-refractivity contribution is 0.793. The van der Waals surface area contributed by atoms with Crippen LogP contribution in [0.5, 0.6) is 0 Å². The van der Waals surface area contributed by atoms with E-state index in [4.69, 9.17) is 0 Å². The molecule has 3 rings (SSSR count). The van der Waals surface area contributed by atoms with Crippen molar-refractivity contribution >= 4 is 17.7 Å². The minimum atomic E-state index is 0.631. The molecule has 28 heavy (non-hydrogen) atoms. The minimum absolute atomic E-state index is 0.631. The molecule has 146 valence electrons. The summed E-state index contributed by atoms with van der Waals surface area (Å²) in [6.07, 6.45) is 1.78. The second-order valence-corrected chi connectivity index (χ2v) is 6.63. The van der Waals surface area contributed by atoms with Gasteiger partial charge in [-0.25, -0.2) is 14.6 Å². The zero-order valence-corrected chi connectivity index (χ0v) is 17.1. The van der Waals surface area contributed by atoms with Gasteiger partial charge in [-0.05, 0) is 58.4 Å². The van der Waals surface area contributed by atoms with Crippen molar-refractivity contribution in [3.8, 4) is 5.82 Å². The molecule has 7 heteroatoms. The summed E-state index contributed by atoms with van der Waals surface area (Å²) in [5, 5.41) is 8.80. The van der Waals surface area contributed by atoms with Gasteiger partial charge < -0.3 is 4.90 Å². The Morgan fingerprint density at radius 3 is 2.36 bits per heavy atom. The zero-order valence-electron chi connectivity index (χ0n) is 17.1. The second-order valence-electron chi connectivity index (χ2n) is 6.63. The maximum Gasteiger partial charge on any atom is 0.159 e. The van der Waals surface area contributed by atoms with Gasteiger partial charge in [0.05, 0.1) is 11.9 Å². The predicted octanol–water partition coefficient (Wildman–Crippen LogP) is 3.88. The monoisotopic (exact) mass is 377 g/mol. The molecule has 0 atom stereocenters. The summed E-state index contributed by atoms with van der Waals surface area (Å²) in [6.45, 7) is 12.1. The first-order valence-corrected chi connectivity index (χ1v) is 9.53. The van der Waals surface area contributed by atoms with Crippen LogP contribution in [-0.2, 0) is 0 Å². The van der Waals surface area contributed by atoms with E-state index in [0.717, 1.165) is 35.9 Å². The van der Waals surface area contributed by atoms with Gasteiger partial charge in [0, 0.05) is 30.5 Å². The summed E-state index contributed by atoms with van der Waals surface area (Å²) in [6, 6.07) is 12.2. The van der Waals surface area contributed by atoms with E-state index >= 15 is 0 Å². The molecular weight excluding hydrogens is 350 g/mol. The summed E-state index contributed by atoms with van der Waals surface area (Å²) >= 11 is 0. The molecule has 0 radical (unpaired) electrons. The van der Waals surface area contributed by atoms with E-state index in [9.17, 15) is 0 Å². The first kappa shape index (κ1) is 19.5. The molecule has 0 aliphatic carbocycles. The first-order valence-electron chi connectivity index (χ1n) is 9.53. The van der Waals surface area contributed by atoms with E-state index in [1.165, 1.54) is 5.69 Å². The average molecular weight is 377 g/mol. The van der Waals surface area contributed by atoms with Crippen molar-refractivity contribution < 1.29 is 0 Å². The molecule has 0 unspecified atom stereocenters. The highest BCUT2D eigenvalue weighted by atomic mass is 15.3. The van der Waals surface area contributed by atoms with Crippen molar-refractivity contribution in [2.24, 2.45) is 5.10 Å². The van der Waals surface area contributed by atoms with Gasteiger partial charge in [0.2, 0.25) is 0 Å². The fourth-order valence-corrected chi connectivity index (χ4v) is 3.11. The lowest BCUT2D eigenvalue weighted by Crippen LogP contribution is -2.21. The molecule has 1 aromatic carbocycles. The zero-order chi connectivity index (χ0) is 20.1. The van der Waals surface area contributed by atoms with Crippen LogP contribution in [0.2, 0.25) is 0 Å². The Morgan fingerprint density at radius 1 is 1.04 bits per heavy atom. The van der Waals surface area contributed by atoms with Crippen LogP contribution in [0, 0.1) is 20.8 Å². The molecule has 7 nitrogen and oxygen atoms in total. The average Bonchev–Trinajstić information content (AvgIpc) is 3.02. The van der Waals surface area contributed by atoms with E-state index in [1.54, 1.807) is 6.21 Å². The number of rotatable bonds is 7. The maximum atomic E-state index is 4.48. The Kier molecular flexibility index (Phi) is 6.03. The fraction of sp³-hybridized carbons (Fsp3) is 0.333. The van der Waals surface area contributed by atoms with Gasteiger partial charge in [-0.2, -0.15) is 10.2 Å². The van der Waals surface area contributed by atoms with Crippen LogP contribution in [-0.4, -0.2) is 39.1 Å². The summed E-state index contributed by atoms with van der Waals surface area (Å²) in [5.74, 6) is 2.01. The molecule has 0 aliphatic heterocycles. The summed E-state index contributed by atoms with van der Waals surface area (Å²) in [5.41, 5.74) is 7.22. The molecule has 3 aromatic rings. The van der Waals surface area contributed by atoms with Crippen molar-refractivity contribution in [3.05, 3.63) is 59.2 Å². The number of aromatic nitrogens is 4. The van der Waals surface area contributed by atoms with Gasteiger partial charge in [0.1, 0.15) is 5.82 Å². The molecule has 0 bridgehead atoms. The summed E-state index contributed by atoms with van der Waals surface area (Å²) in [4.78, 5) is 11.2. The third kappa shape index (κ3) is 4.54. The predicted molar refractivity (Wildman–Crippen MR) is 115 cm³/mol. The number of benzene rings is 1. The molecule has 0 aliphatic rings. The standard InChI is InChI=1S/C21H27N7/c1-6-27(7-2)19-10-8-18(9-11-19)14-22-25-20-13-21(24-17(5)23-20)28-16(4)12-15(3)26-28/h8-14H,6-7H2,1-5H3,(H,23,24,25). The minimum Gasteiger partial charge on any atom is -0.372 e. The highest BCUT2D eigenvalue weighted by molar-refractivity contribution is 5.80. The van der Waals surface area contributed by atoms with Crippen molar-refractivity contribution in [3.63, 3.8) is 0 Å². The van der Waals surface area contributed by atoms with Crippen LogP contribution >= 0.6 is 0 Å². The molecule has 2 aromatic heterocycles. The van der Waals surface area contributed by atoms with Crippen LogP contribution in [0.25, 0.3) is 5.82 Å². The molecule has 2 heterocycles. The number of anilines is 2. The Hall–Kier alpha value is -3.22. The number of hydrogen-bond acceptors (Lipinski definition) is 6. The topological polar surface area (TPSA) is 71.2 Å². The molecule has 0 amide bonds. The van der Waals surface area contributed by atoms with Crippen molar-refractivity contribution in [1.29, 1.82) is 0 Å². The van der Waals surface area contributed by atoms with Gasteiger partial charge in [-0.15, -0.1) is 0 Å².